The highest BCUT2D eigenvalue weighted by Crippen LogP contribution is 2.68. The van der Waals surface area contributed by atoms with E-state index in [9.17, 15) is 63.1 Å². The molecule has 0 bridgehead atoms. The number of ether oxygens (including phenoxy) is 4. The standard InChI is InChI=1S/C24H41N5O23P4/c1-9-15(30)16(31)11(47-9)5-44-53(35,36)50-20-13(48-10(2)19(20)43-4)7-46-55(39,40)52-56(41,42)51-54(37,38)45-6-12-17(32)18(33)23(49-12)29-8-28(3)14-21(29)26-24(25)27-22(14)34/h8-13,15-20,23,30-33H,5-7H2,1-4H3,(H6-,25,26,27,34,35,36,37,38,39,40,41,42)/p+1. The topological polar surface area (TPSA) is 403 Å². The summed E-state index contributed by atoms with van der Waals surface area (Å²) >= 11 is 0. The Morgan fingerprint density at radius 2 is 1.30 bits per heavy atom. The number of hydrogen-bond acceptors (Lipinski definition) is 21. The zero-order chi connectivity index (χ0) is 41.7. The summed E-state index contributed by atoms with van der Waals surface area (Å²) in [5.41, 5.74) is 4.91. The minimum atomic E-state index is -6.03. The van der Waals surface area contributed by atoms with Crippen molar-refractivity contribution in [1.29, 1.82) is 0 Å². The average molecular weight is 893 g/mol. The molecule has 11 N–H and O–H groups in total. The SMILES string of the molecule is COC1C(C)OC(COP(=O)(O)OP(=O)(O)OP(=O)(O)OCC2OC(n3c[n+](C)c4c(=O)[nH]c(N)nc43)C(O)C2O)C1OP(=O)(O)OCC1OC(C)C(O)C1O. The van der Waals surface area contributed by atoms with Gasteiger partial charge in [0.05, 0.1) is 39.1 Å². The van der Waals surface area contributed by atoms with Gasteiger partial charge in [0, 0.05) is 7.11 Å². The molecule has 0 aromatic carbocycles. The fourth-order valence-corrected chi connectivity index (χ4v) is 10.6. The number of rotatable bonds is 17. The monoisotopic (exact) mass is 892 g/mol. The highest BCUT2D eigenvalue weighted by molar-refractivity contribution is 7.66. The zero-order valence-corrected chi connectivity index (χ0v) is 33.1. The van der Waals surface area contributed by atoms with E-state index in [2.05, 4.69) is 27.6 Å². The second-order valence-corrected chi connectivity index (χ2v) is 18.8. The maximum absolute atomic E-state index is 12.8. The summed E-state index contributed by atoms with van der Waals surface area (Å²) in [5.74, 6) is -0.285. The van der Waals surface area contributed by atoms with Crippen LogP contribution in [-0.4, -0.2) is 149 Å². The Morgan fingerprint density at radius 3 is 1.86 bits per heavy atom. The minimum Gasteiger partial charge on any atom is -0.388 e. The van der Waals surface area contributed by atoms with Crippen LogP contribution in [0.25, 0.3) is 11.2 Å². The molecule has 5 heterocycles. The summed E-state index contributed by atoms with van der Waals surface area (Å²) in [6.45, 7) is 0.0168. The van der Waals surface area contributed by atoms with Crippen molar-refractivity contribution in [3.63, 3.8) is 0 Å². The number of aryl methyl sites for hydroxylation is 1. The molecule has 3 aliphatic rings. The van der Waals surface area contributed by atoms with Crippen molar-refractivity contribution < 1.29 is 108 Å². The fraction of sp³-hybridized carbons (Fsp3) is 0.792. The molecular weight excluding hydrogens is 850 g/mol. The van der Waals surface area contributed by atoms with E-state index in [-0.39, 0.29) is 17.1 Å². The first-order valence-corrected chi connectivity index (χ1v) is 22.2. The van der Waals surface area contributed by atoms with E-state index in [4.69, 9.17) is 33.7 Å². The van der Waals surface area contributed by atoms with Crippen LogP contribution in [0.1, 0.15) is 20.1 Å². The number of hydrogen-bond donors (Lipinski definition) is 10. The predicted molar refractivity (Wildman–Crippen MR) is 178 cm³/mol. The molecule has 3 aliphatic heterocycles. The van der Waals surface area contributed by atoms with Gasteiger partial charge in [-0.1, -0.05) is 0 Å². The van der Waals surface area contributed by atoms with E-state index in [0.29, 0.717) is 0 Å². The van der Waals surface area contributed by atoms with Gasteiger partial charge < -0.3 is 64.7 Å². The number of nitrogens with zero attached hydrogens (tertiary/aromatic N) is 3. The first kappa shape index (κ1) is 45.4. The summed E-state index contributed by atoms with van der Waals surface area (Å²) in [7, 11) is -19.9. The molecule has 28 nitrogen and oxygen atoms in total. The van der Waals surface area contributed by atoms with Gasteiger partial charge in [-0.15, -0.1) is 0 Å². The van der Waals surface area contributed by atoms with Gasteiger partial charge in [0.1, 0.15) is 54.9 Å². The second kappa shape index (κ2) is 17.1. The summed E-state index contributed by atoms with van der Waals surface area (Å²) in [6, 6.07) is 0. The van der Waals surface area contributed by atoms with Gasteiger partial charge in [-0.2, -0.15) is 18.2 Å². The van der Waals surface area contributed by atoms with E-state index in [1.54, 1.807) is 0 Å². The van der Waals surface area contributed by atoms with Crippen LogP contribution in [-0.2, 0) is 71.0 Å². The molecular formula is C24H42N5O23P4+. The van der Waals surface area contributed by atoms with Gasteiger partial charge in [-0.05, 0) is 13.8 Å². The van der Waals surface area contributed by atoms with Crippen molar-refractivity contribution in [2.75, 3.05) is 32.7 Å². The number of methoxy groups -OCH3 is 1. The molecule has 16 unspecified atom stereocenters. The summed E-state index contributed by atoms with van der Waals surface area (Å²) < 4.78 is 102. The number of nitrogens with two attached hydrogens (primary N) is 1. The third-order valence-electron chi connectivity index (χ3n) is 8.69. The minimum absolute atomic E-state index is 0.00462. The Kier molecular flexibility index (Phi) is 13.9. The van der Waals surface area contributed by atoms with E-state index in [1.807, 2.05) is 0 Å². The number of phosphoric ester groups is 3. The number of phosphoric acid groups is 4. The summed E-state index contributed by atoms with van der Waals surface area (Å²) in [5, 5.41) is 41.0. The number of anilines is 1. The molecule has 2 aromatic heterocycles. The quantitative estimate of drug-likeness (QED) is 0.0556. The molecule has 2 aromatic rings. The number of aliphatic hydroxyl groups is 4. The van der Waals surface area contributed by atoms with Gasteiger partial charge in [0.15, 0.2) is 0 Å². The number of aromatic nitrogens is 4. The van der Waals surface area contributed by atoms with Crippen LogP contribution in [0, 0.1) is 0 Å². The lowest BCUT2D eigenvalue weighted by atomic mass is 10.1. The number of nitrogens with one attached hydrogen (secondary N) is 1. The number of imidazole rings is 1. The molecule has 3 fully saturated rings. The van der Waals surface area contributed by atoms with Crippen molar-refractivity contribution in [3.8, 4) is 0 Å². The van der Waals surface area contributed by atoms with E-state index in [0.717, 1.165) is 4.57 Å². The molecule has 56 heavy (non-hydrogen) atoms. The number of H-pyrrole nitrogens is 1. The maximum atomic E-state index is 12.8. The molecule has 320 valence electrons. The molecule has 3 saturated heterocycles. The molecule has 0 amide bonds. The fourth-order valence-electron chi connectivity index (χ4n) is 6.13. The lowest BCUT2D eigenvalue weighted by molar-refractivity contribution is -0.646. The average Bonchev–Trinajstić information content (AvgIpc) is 3.73. The number of aromatic amines is 1. The van der Waals surface area contributed by atoms with Gasteiger partial charge >= 0.3 is 36.9 Å². The van der Waals surface area contributed by atoms with E-state index >= 15 is 0 Å². The van der Waals surface area contributed by atoms with Crippen LogP contribution in [0.5, 0.6) is 0 Å². The van der Waals surface area contributed by atoms with Crippen molar-refractivity contribution in [1.82, 2.24) is 14.5 Å². The lowest BCUT2D eigenvalue weighted by Gasteiger charge is -2.26. The van der Waals surface area contributed by atoms with E-state index < -0.39 is 130 Å². The van der Waals surface area contributed by atoms with Crippen molar-refractivity contribution in [3.05, 3.63) is 16.7 Å². The first-order chi connectivity index (χ1) is 25.8. The highest BCUT2D eigenvalue weighted by atomic mass is 31.3. The predicted octanol–water partition coefficient (Wildman–Crippen LogP) is -3.07. The first-order valence-electron chi connectivity index (χ1n) is 16.2. The maximum Gasteiger partial charge on any atom is 0.490 e. The molecule has 5 rings (SSSR count). The number of aliphatic hydroxyl groups excluding tert-OH is 4. The Morgan fingerprint density at radius 1 is 0.786 bits per heavy atom. The Labute approximate surface area is 315 Å². The van der Waals surface area contributed by atoms with Crippen molar-refractivity contribution in [2.24, 2.45) is 7.05 Å². The number of fused-ring (bicyclic) bond motifs is 1. The van der Waals surface area contributed by atoms with Crippen LogP contribution < -0.4 is 15.9 Å². The van der Waals surface area contributed by atoms with Gasteiger partial charge in [0.2, 0.25) is 18.5 Å². The summed E-state index contributed by atoms with van der Waals surface area (Å²) in [4.78, 5) is 59.3. The Bertz CT molecular complexity index is 1990. The largest absolute Gasteiger partial charge is 0.490 e. The van der Waals surface area contributed by atoms with Gasteiger partial charge in [-0.25, -0.2) is 22.8 Å². The second-order valence-electron chi connectivity index (χ2n) is 12.7. The van der Waals surface area contributed by atoms with Gasteiger partial charge in [-0.3, -0.25) is 27.9 Å². The molecule has 0 spiro atoms. The van der Waals surface area contributed by atoms with Crippen LogP contribution in [0.4, 0.5) is 5.95 Å². The molecule has 0 aliphatic carbocycles. The molecule has 16 atom stereocenters. The van der Waals surface area contributed by atoms with E-state index in [1.165, 1.54) is 38.9 Å². The molecule has 32 heteroatoms. The van der Waals surface area contributed by atoms with Crippen LogP contribution >= 0.6 is 31.3 Å². The van der Waals surface area contributed by atoms with Crippen molar-refractivity contribution >= 4 is 48.4 Å². The smallest absolute Gasteiger partial charge is 0.388 e. The third kappa shape index (κ3) is 10.4. The molecule has 0 radical (unpaired) electrons. The lowest BCUT2D eigenvalue weighted by Crippen LogP contribution is -2.38. The summed E-state index contributed by atoms with van der Waals surface area (Å²) in [6.07, 6.45) is -15.3. The Hall–Kier alpha value is -1.65. The molecule has 0 saturated carbocycles. The number of nitrogen functional groups attached to an aromatic ring is 1. The third-order valence-corrected chi connectivity index (χ3v) is 13.9. The van der Waals surface area contributed by atoms with Crippen LogP contribution in [0.15, 0.2) is 11.1 Å². The van der Waals surface area contributed by atoms with Crippen molar-refractivity contribution in [2.45, 2.75) is 87.2 Å². The van der Waals surface area contributed by atoms with Crippen LogP contribution in [0.3, 0.4) is 0 Å². The normalized spacial score (nSPS) is 36.6. The van der Waals surface area contributed by atoms with Gasteiger partial charge in [0.25, 0.3) is 11.2 Å². The van der Waals surface area contributed by atoms with Crippen LogP contribution in [0.2, 0.25) is 0 Å². The Balaban J connectivity index is 1.15. The zero-order valence-electron chi connectivity index (χ0n) is 29.5. The highest BCUT2D eigenvalue weighted by Gasteiger charge is 2.52.